The van der Waals surface area contributed by atoms with Gasteiger partial charge in [0.1, 0.15) is 0 Å². The van der Waals surface area contributed by atoms with Crippen molar-refractivity contribution in [1.29, 1.82) is 0 Å². The van der Waals surface area contributed by atoms with Crippen molar-refractivity contribution in [3.63, 3.8) is 0 Å². The maximum Gasteiger partial charge on any atom is 0.194 e. The van der Waals surface area contributed by atoms with Gasteiger partial charge in [-0.2, -0.15) is 0 Å². The van der Waals surface area contributed by atoms with Crippen LogP contribution in [-0.4, -0.2) is 38.4 Å². The van der Waals surface area contributed by atoms with Gasteiger partial charge < -0.3 is 14.8 Å². The third-order valence-corrected chi connectivity index (χ3v) is 4.68. The first-order valence-electron chi connectivity index (χ1n) is 7.78. The molecular weight excluding hydrogens is 344 g/mol. The first kappa shape index (κ1) is 16.9. The molecule has 24 heavy (non-hydrogen) atoms. The summed E-state index contributed by atoms with van der Waals surface area (Å²) in [6, 6.07) is 1.98. The van der Waals surface area contributed by atoms with Crippen molar-refractivity contribution in [2.75, 3.05) is 13.6 Å². The molecule has 128 valence electrons. The number of nitrogens with zero attached hydrogens (tertiary/aromatic N) is 5. The minimum atomic E-state index is 0.551. The van der Waals surface area contributed by atoms with Crippen LogP contribution in [0.4, 0.5) is 0 Å². The molecule has 0 bridgehead atoms. The van der Waals surface area contributed by atoms with Gasteiger partial charge in [-0.15, -0.1) is 11.3 Å². The van der Waals surface area contributed by atoms with Crippen molar-refractivity contribution in [1.82, 2.24) is 24.2 Å². The molecule has 0 radical (unpaired) electrons. The lowest BCUT2D eigenvalue weighted by Gasteiger charge is -2.22. The fraction of sp³-hybridized carbons (Fsp3) is 0.375. The standard InChI is InChI=1S/C16H21ClN6S/c1-4-18-15(22(3)11-14-7-12(17)9-21(14)2)19-8-13-10-23-5-6-24-16(23)20-13/h5-7,9-10H,4,8,11H2,1-3H3,(H,18,19). The molecule has 0 saturated carbocycles. The van der Waals surface area contributed by atoms with E-state index in [-0.39, 0.29) is 0 Å². The van der Waals surface area contributed by atoms with Crippen LogP contribution in [0.15, 0.2) is 35.0 Å². The van der Waals surface area contributed by atoms with Gasteiger partial charge in [-0.1, -0.05) is 11.6 Å². The molecule has 8 heteroatoms. The molecule has 3 aromatic heterocycles. The second kappa shape index (κ2) is 7.27. The van der Waals surface area contributed by atoms with Gasteiger partial charge in [-0.25, -0.2) is 9.98 Å². The van der Waals surface area contributed by atoms with Crippen LogP contribution in [-0.2, 0) is 20.1 Å². The third-order valence-electron chi connectivity index (χ3n) is 3.70. The molecule has 0 spiro atoms. The molecule has 6 nitrogen and oxygen atoms in total. The van der Waals surface area contributed by atoms with E-state index in [1.54, 1.807) is 11.3 Å². The summed E-state index contributed by atoms with van der Waals surface area (Å²) in [7, 11) is 4.02. The molecule has 0 aromatic carbocycles. The monoisotopic (exact) mass is 364 g/mol. The van der Waals surface area contributed by atoms with E-state index in [0.717, 1.165) is 40.4 Å². The molecule has 0 amide bonds. The summed E-state index contributed by atoms with van der Waals surface area (Å²) in [5, 5.41) is 6.11. The number of aromatic nitrogens is 3. The van der Waals surface area contributed by atoms with Gasteiger partial charge >= 0.3 is 0 Å². The Morgan fingerprint density at radius 1 is 1.46 bits per heavy atom. The SMILES string of the molecule is CCNC(=NCc1cn2ccsc2n1)N(C)Cc1cc(Cl)cn1C. The molecule has 3 rings (SSSR count). The minimum Gasteiger partial charge on any atom is -0.357 e. The summed E-state index contributed by atoms with van der Waals surface area (Å²) in [4.78, 5) is 12.4. The molecule has 1 N–H and O–H groups in total. The molecule has 0 aliphatic rings. The van der Waals surface area contributed by atoms with Gasteiger partial charge in [0.25, 0.3) is 0 Å². The predicted molar refractivity (Wildman–Crippen MR) is 99.8 cm³/mol. The fourth-order valence-corrected chi connectivity index (χ4v) is 3.51. The van der Waals surface area contributed by atoms with Crippen LogP contribution < -0.4 is 5.32 Å². The Morgan fingerprint density at radius 3 is 2.96 bits per heavy atom. The zero-order chi connectivity index (χ0) is 17.1. The number of imidazole rings is 1. The van der Waals surface area contributed by atoms with Gasteiger partial charge in [-0.05, 0) is 13.0 Å². The van der Waals surface area contributed by atoms with E-state index in [2.05, 4.69) is 22.1 Å². The number of thiazole rings is 1. The second-order valence-corrected chi connectivity index (χ2v) is 6.92. The Bertz CT molecular complexity index is 817. The second-order valence-electron chi connectivity index (χ2n) is 5.61. The number of aliphatic imine (C=N–C) groups is 1. The molecule has 0 fully saturated rings. The Balaban J connectivity index is 1.72. The van der Waals surface area contributed by atoms with Crippen molar-refractivity contribution in [3.05, 3.63) is 46.4 Å². The summed E-state index contributed by atoms with van der Waals surface area (Å²) in [6.07, 6.45) is 5.94. The van der Waals surface area contributed by atoms with Crippen molar-refractivity contribution < 1.29 is 0 Å². The lowest BCUT2D eigenvalue weighted by molar-refractivity contribution is 0.461. The molecular formula is C16H21ClN6S. The zero-order valence-electron chi connectivity index (χ0n) is 14.0. The highest BCUT2D eigenvalue weighted by Gasteiger charge is 2.10. The van der Waals surface area contributed by atoms with Crippen LogP contribution in [0.25, 0.3) is 4.96 Å². The molecule has 0 aliphatic heterocycles. The Morgan fingerprint density at radius 2 is 2.29 bits per heavy atom. The van der Waals surface area contributed by atoms with Crippen LogP contribution in [0.1, 0.15) is 18.3 Å². The number of aryl methyl sites for hydroxylation is 1. The first-order valence-corrected chi connectivity index (χ1v) is 9.04. The molecule has 0 saturated heterocycles. The van der Waals surface area contributed by atoms with Crippen molar-refractivity contribution >= 4 is 33.9 Å². The summed E-state index contributed by atoms with van der Waals surface area (Å²) in [5.41, 5.74) is 2.10. The highest BCUT2D eigenvalue weighted by molar-refractivity contribution is 7.15. The molecule has 3 heterocycles. The number of halogens is 1. The van der Waals surface area contributed by atoms with Crippen LogP contribution in [0, 0.1) is 0 Å². The number of hydrogen-bond donors (Lipinski definition) is 1. The van der Waals surface area contributed by atoms with Gasteiger partial charge in [0.2, 0.25) is 0 Å². The van der Waals surface area contributed by atoms with Crippen LogP contribution in [0.3, 0.4) is 0 Å². The van der Waals surface area contributed by atoms with E-state index in [0.29, 0.717) is 6.54 Å². The maximum atomic E-state index is 6.06. The Hall–Kier alpha value is -1.99. The lowest BCUT2D eigenvalue weighted by Crippen LogP contribution is -2.38. The van der Waals surface area contributed by atoms with Crippen LogP contribution >= 0.6 is 22.9 Å². The number of guanidine groups is 1. The highest BCUT2D eigenvalue weighted by atomic mass is 35.5. The van der Waals surface area contributed by atoms with Crippen molar-refractivity contribution in [2.45, 2.75) is 20.0 Å². The maximum absolute atomic E-state index is 6.06. The lowest BCUT2D eigenvalue weighted by atomic mass is 10.4. The summed E-state index contributed by atoms with van der Waals surface area (Å²) in [6.45, 7) is 4.16. The topological polar surface area (TPSA) is 49.9 Å². The van der Waals surface area contributed by atoms with Crippen LogP contribution in [0.2, 0.25) is 5.02 Å². The zero-order valence-corrected chi connectivity index (χ0v) is 15.6. The third kappa shape index (κ3) is 3.73. The first-order chi connectivity index (χ1) is 11.6. The van der Waals surface area contributed by atoms with E-state index in [4.69, 9.17) is 16.6 Å². The molecule has 0 aliphatic carbocycles. The Kier molecular flexibility index (Phi) is 5.11. The average molecular weight is 365 g/mol. The van der Waals surface area contributed by atoms with Gasteiger partial charge in [0.05, 0.1) is 23.8 Å². The summed E-state index contributed by atoms with van der Waals surface area (Å²) >= 11 is 7.69. The van der Waals surface area contributed by atoms with E-state index in [9.17, 15) is 0 Å². The van der Waals surface area contributed by atoms with Crippen molar-refractivity contribution in [2.24, 2.45) is 12.0 Å². The predicted octanol–water partition coefficient (Wildman–Crippen LogP) is 2.99. The van der Waals surface area contributed by atoms with E-state index in [1.165, 1.54) is 0 Å². The molecule has 0 unspecified atom stereocenters. The number of rotatable bonds is 5. The van der Waals surface area contributed by atoms with Gasteiger partial charge in [0, 0.05) is 50.3 Å². The quantitative estimate of drug-likeness (QED) is 0.559. The fourth-order valence-electron chi connectivity index (χ4n) is 2.52. The number of nitrogens with one attached hydrogen (secondary N) is 1. The summed E-state index contributed by atoms with van der Waals surface area (Å²) in [5.74, 6) is 0.853. The minimum absolute atomic E-state index is 0.551. The van der Waals surface area contributed by atoms with E-state index in [1.807, 2.05) is 53.1 Å². The average Bonchev–Trinajstić information content (AvgIpc) is 3.18. The van der Waals surface area contributed by atoms with Gasteiger partial charge in [0.15, 0.2) is 10.9 Å². The largest absolute Gasteiger partial charge is 0.357 e. The van der Waals surface area contributed by atoms with E-state index >= 15 is 0 Å². The normalized spacial score (nSPS) is 12.1. The van der Waals surface area contributed by atoms with E-state index < -0.39 is 0 Å². The Labute approximate surface area is 150 Å². The van der Waals surface area contributed by atoms with Crippen molar-refractivity contribution in [3.8, 4) is 0 Å². The smallest absolute Gasteiger partial charge is 0.194 e. The van der Waals surface area contributed by atoms with Gasteiger partial charge in [-0.3, -0.25) is 4.40 Å². The highest BCUT2D eigenvalue weighted by Crippen LogP contribution is 2.15. The molecule has 3 aromatic rings. The number of hydrogen-bond acceptors (Lipinski definition) is 3. The number of fused-ring (bicyclic) bond motifs is 1. The summed E-state index contributed by atoms with van der Waals surface area (Å²) < 4.78 is 4.06. The van der Waals surface area contributed by atoms with Crippen LogP contribution in [0.5, 0.6) is 0 Å². The molecule has 0 atom stereocenters.